The van der Waals surface area contributed by atoms with E-state index in [1.165, 1.54) is 23.4 Å². The average Bonchev–Trinajstić information content (AvgIpc) is 2.75. The van der Waals surface area contributed by atoms with Gasteiger partial charge in [0.1, 0.15) is 6.61 Å². The molecular formula is C7H10N2OS. The summed E-state index contributed by atoms with van der Waals surface area (Å²) in [6.07, 6.45) is 2.56. The number of aromatic nitrogens is 1. The molecule has 11 heavy (non-hydrogen) atoms. The van der Waals surface area contributed by atoms with Gasteiger partial charge >= 0.3 is 0 Å². The van der Waals surface area contributed by atoms with Crippen LogP contribution < -0.4 is 5.90 Å². The van der Waals surface area contributed by atoms with Crippen molar-refractivity contribution in [1.82, 2.24) is 4.98 Å². The summed E-state index contributed by atoms with van der Waals surface area (Å²) in [5.41, 5.74) is 3.07. The first-order chi connectivity index (χ1) is 5.42. The van der Waals surface area contributed by atoms with Crippen LogP contribution in [-0.4, -0.2) is 4.98 Å². The van der Waals surface area contributed by atoms with Gasteiger partial charge in [-0.3, -0.25) is 4.84 Å². The van der Waals surface area contributed by atoms with E-state index in [1.54, 1.807) is 11.3 Å². The Morgan fingerprint density at radius 3 is 3.18 bits per heavy atom. The van der Waals surface area contributed by atoms with E-state index in [4.69, 9.17) is 5.90 Å². The van der Waals surface area contributed by atoms with Gasteiger partial charge in [0.2, 0.25) is 0 Å². The third kappa shape index (κ3) is 1.42. The Morgan fingerprint density at radius 1 is 1.73 bits per heavy atom. The molecule has 1 heterocycles. The fourth-order valence-corrected chi connectivity index (χ4v) is 1.92. The Kier molecular flexibility index (Phi) is 1.89. The van der Waals surface area contributed by atoms with Crippen molar-refractivity contribution in [2.75, 3.05) is 0 Å². The van der Waals surface area contributed by atoms with Gasteiger partial charge in [-0.2, -0.15) is 0 Å². The molecule has 0 amide bonds. The normalized spacial score (nSPS) is 17.2. The summed E-state index contributed by atoms with van der Waals surface area (Å²) in [6, 6.07) is 0. The van der Waals surface area contributed by atoms with Crippen LogP contribution in [0.5, 0.6) is 0 Å². The van der Waals surface area contributed by atoms with Crippen LogP contribution in [0.2, 0.25) is 0 Å². The minimum Gasteiger partial charge on any atom is -0.299 e. The standard InChI is InChI=1S/C7H10N2OS/c8-10-3-6-7(5-1-2-5)9-4-11-6/h4-5H,1-3,8H2. The third-order valence-electron chi connectivity index (χ3n) is 1.85. The van der Waals surface area contributed by atoms with Crippen LogP contribution in [0.4, 0.5) is 0 Å². The number of rotatable bonds is 3. The second kappa shape index (κ2) is 2.89. The molecule has 3 nitrogen and oxygen atoms in total. The number of nitrogens with zero attached hydrogens (tertiary/aromatic N) is 1. The van der Waals surface area contributed by atoms with Crippen molar-refractivity contribution in [2.24, 2.45) is 5.90 Å². The van der Waals surface area contributed by atoms with E-state index in [-0.39, 0.29) is 0 Å². The monoisotopic (exact) mass is 170 g/mol. The average molecular weight is 170 g/mol. The summed E-state index contributed by atoms with van der Waals surface area (Å²) >= 11 is 1.63. The fourth-order valence-electron chi connectivity index (χ4n) is 1.15. The molecule has 0 aromatic carbocycles. The maximum atomic E-state index is 4.99. The first-order valence-electron chi connectivity index (χ1n) is 3.65. The molecule has 0 bridgehead atoms. The highest BCUT2D eigenvalue weighted by Gasteiger charge is 2.28. The predicted octanol–water partition coefficient (Wildman–Crippen LogP) is 1.41. The van der Waals surface area contributed by atoms with Crippen LogP contribution in [0.25, 0.3) is 0 Å². The minimum atomic E-state index is 0.510. The van der Waals surface area contributed by atoms with Crippen LogP contribution in [0, 0.1) is 0 Å². The largest absolute Gasteiger partial charge is 0.299 e. The molecular weight excluding hydrogens is 160 g/mol. The van der Waals surface area contributed by atoms with Crippen molar-refractivity contribution < 1.29 is 4.84 Å². The Hall–Kier alpha value is -0.450. The van der Waals surface area contributed by atoms with Gasteiger partial charge in [-0.25, -0.2) is 10.9 Å². The Labute approximate surface area is 69.2 Å². The van der Waals surface area contributed by atoms with Gasteiger partial charge in [0, 0.05) is 5.92 Å². The van der Waals surface area contributed by atoms with Gasteiger partial charge in [0.15, 0.2) is 0 Å². The highest BCUT2D eigenvalue weighted by Crippen LogP contribution is 2.41. The highest BCUT2D eigenvalue weighted by molar-refractivity contribution is 7.09. The van der Waals surface area contributed by atoms with E-state index < -0.39 is 0 Å². The molecule has 0 radical (unpaired) electrons. The van der Waals surface area contributed by atoms with E-state index in [0.717, 1.165) is 0 Å². The van der Waals surface area contributed by atoms with Crippen molar-refractivity contribution in [3.63, 3.8) is 0 Å². The van der Waals surface area contributed by atoms with E-state index >= 15 is 0 Å². The minimum absolute atomic E-state index is 0.510. The fraction of sp³-hybridized carbons (Fsp3) is 0.571. The Balaban J connectivity index is 2.16. The first-order valence-corrected chi connectivity index (χ1v) is 4.53. The molecule has 0 unspecified atom stereocenters. The van der Waals surface area contributed by atoms with Gasteiger partial charge in [-0.05, 0) is 12.8 Å². The molecule has 4 heteroatoms. The zero-order chi connectivity index (χ0) is 7.68. The van der Waals surface area contributed by atoms with Crippen molar-refractivity contribution in [3.05, 3.63) is 16.1 Å². The predicted molar refractivity (Wildman–Crippen MR) is 43.1 cm³/mol. The second-order valence-corrected chi connectivity index (χ2v) is 3.69. The number of thiazole rings is 1. The molecule has 1 aliphatic rings. The van der Waals surface area contributed by atoms with Crippen molar-refractivity contribution in [1.29, 1.82) is 0 Å². The summed E-state index contributed by atoms with van der Waals surface area (Å²) < 4.78 is 0. The molecule has 1 fully saturated rings. The van der Waals surface area contributed by atoms with Crippen LogP contribution in [0.15, 0.2) is 5.51 Å². The van der Waals surface area contributed by atoms with Gasteiger partial charge < -0.3 is 0 Å². The number of nitrogens with two attached hydrogens (primary N) is 1. The molecule has 2 N–H and O–H groups in total. The summed E-state index contributed by atoms with van der Waals surface area (Å²) in [7, 11) is 0. The summed E-state index contributed by atoms with van der Waals surface area (Å²) in [5.74, 6) is 5.69. The van der Waals surface area contributed by atoms with Crippen LogP contribution in [-0.2, 0) is 11.4 Å². The van der Waals surface area contributed by atoms with Crippen molar-refractivity contribution in [2.45, 2.75) is 25.4 Å². The van der Waals surface area contributed by atoms with Crippen LogP contribution >= 0.6 is 11.3 Å². The van der Waals surface area contributed by atoms with Crippen LogP contribution in [0.1, 0.15) is 29.3 Å². The molecule has 2 rings (SSSR count). The third-order valence-corrected chi connectivity index (χ3v) is 2.67. The molecule has 0 aliphatic heterocycles. The zero-order valence-electron chi connectivity index (χ0n) is 6.12. The van der Waals surface area contributed by atoms with Crippen LogP contribution in [0.3, 0.4) is 0 Å². The first kappa shape index (κ1) is 7.21. The summed E-state index contributed by atoms with van der Waals surface area (Å²) in [5, 5.41) is 0. The SMILES string of the molecule is NOCc1scnc1C1CC1. The van der Waals surface area contributed by atoms with Gasteiger partial charge in [0.05, 0.1) is 16.1 Å². The quantitative estimate of drug-likeness (QED) is 0.698. The van der Waals surface area contributed by atoms with Crippen molar-refractivity contribution in [3.8, 4) is 0 Å². The van der Waals surface area contributed by atoms with Crippen molar-refractivity contribution >= 4 is 11.3 Å². The highest BCUT2D eigenvalue weighted by atomic mass is 32.1. The lowest BCUT2D eigenvalue weighted by atomic mass is 10.2. The summed E-state index contributed by atoms with van der Waals surface area (Å²) in [6.45, 7) is 0.510. The maximum Gasteiger partial charge on any atom is 0.104 e. The lowest BCUT2D eigenvalue weighted by Crippen LogP contribution is -1.99. The summed E-state index contributed by atoms with van der Waals surface area (Å²) in [4.78, 5) is 10.0. The topological polar surface area (TPSA) is 48.1 Å². The number of hydrogen-bond donors (Lipinski definition) is 1. The lowest BCUT2D eigenvalue weighted by molar-refractivity contribution is 0.125. The van der Waals surface area contributed by atoms with Gasteiger partial charge in [-0.1, -0.05) is 0 Å². The molecule has 60 valence electrons. The maximum absolute atomic E-state index is 4.99. The van der Waals surface area contributed by atoms with Gasteiger partial charge in [-0.15, -0.1) is 11.3 Å². The molecule has 0 spiro atoms. The molecule has 0 atom stereocenters. The van der Waals surface area contributed by atoms with E-state index in [1.807, 2.05) is 5.51 Å². The Bertz CT molecular complexity index is 244. The zero-order valence-corrected chi connectivity index (χ0v) is 6.93. The Morgan fingerprint density at radius 2 is 2.55 bits per heavy atom. The smallest absolute Gasteiger partial charge is 0.104 e. The second-order valence-electron chi connectivity index (χ2n) is 2.75. The lowest BCUT2D eigenvalue weighted by Gasteiger charge is -1.96. The molecule has 1 aromatic heterocycles. The van der Waals surface area contributed by atoms with E-state index in [2.05, 4.69) is 9.82 Å². The van der Waals surface area contributed by atoms with E-state index in [0.29, 0.717) is 12.5 Å². The van der Waals surface area contributed by atoms with E-state index in [9.17, 15) is 0 Å². The number of hydrogen-bond acceptors (Lipinski definition) is 4. The molecule has 1 saturated carbocycles. The molecule has 0 saturated heterocycles. The molecule has 1 aromatic rings. The molecule has 1 aliphatic carbocycles. The van der Waals surface area contributed by atoms with Gasteiger partial charge in [0.25, 0.3) is 0 Å².